The van der Waals surface area contributed by atoms with Gasteiger partial charge in [0.05, 0.1) is 5.69 Å². The summed E-state index contributed by atoms with van der Waals surface area (Å²) in [5, 5.41) is 0.374. The first-order chi connectivity index (χ1) is 8.72. The van der Waals surface area contributed by atoms with Crippen molar-refractivity contribution >= 4 is 39.1 Å². The number of sulfonamides is 1. The average molecular weight is 321 g/mol. The monoisotopic (exact) mass is 320 g/mol. The zero-order chi connectivity index (χ0) is 14.3. The Morgan fingerprint density at radius 2 is 2.11 bits per heavy atom. The van der Waals surface area contributed by atoms with Gasteiger partial charge in [-0.15, -0.1) is 0 Å². The van der Waals surface area contributed by atoms with E-state index in [0.29, 0.717) is 18.1 Å². The van der Waals surface area contributed by atoms with Crippen LogP contribution in [-0.2, 0) is 10.0 Å². The highest BCUT2D eigenvalue weighted by Gasteiger charge is 2.35. The summed E-state index contributed by atoms with van der Waals surface area (Å²) in [5.41, 5.74) is 6.02. The maximum absolute atomic E-state index is 12.6. The summed E-state index contributed by atoms with van der Waals surface area (Å²) in [6.07, 6.45) is 0. The Labute approximate surface area is 123 Å². The topological polar surface area (TPSA) is 63.4 Å². The molecule has 1 aromatic rings. The van der Waals surface area contributed by atoms with Crippen LogP contribution in [0.4, 0.5) is 5.69 Å². The van der Waals surface area contributed by atoms with Gasteiger partial charge in [0.2, 0.25) is 10.0 Å². The predicted molar refractivity (Wildman–Crippen MR) is 81.2 cm³/mol. The fourth-order valence-electron chi connectivity index (χ4n) is 2.05. The minimum absolute atomic E-state index is 0.0847. The Kier molecular flexibility index (Phi) is 4.07. The van der Waals surface area contributed by atoms with Crippen LogP contribution in [-0.4, -0.2) is 36.3 Å². The standard InChI is InChI=1S/C12H17ClN2O2S2/c1-12(2)8-15(5-6-18-12)19(16,17)11-7-9(13)3-4-10(11)14/h3-4,7H,5-6,8,14H2,1-2H3. The van der Waals surface area contributed by atoms with E-state index in [4.69, 9.17) is 17.3 Å². The van der Waals surface area contributed by atoms with E-state index >= 15 is 0 Å². The summed E-state index contributed by atoms with van der Waals surface area (Å²) >= 11 is 7.65. The van der Waals surface area contributed by atoms with Gasteiger partial charge in [-0.25, -0.2) is 8.42 Å². The number of halogens is 1. The number of hydrogen-bond acceptors (Lipinski definition) is 4. The third-order valence-electron chi connectivity index (χ3n) is 2.98. The van der Waals surface area contributed by atoms with E-state index in [2.05, 4.69) is 0 Å². The molecule has 0 aromatic heterocycles. The maximum atomic E-state index is 12.6. The lowest BCUT2D eigenvalue weighted by atomic mass is 10.2. The molecule has 0 bridgehead atoms. The molecule has 19 heavy (non-hydrogen) atoms. The molecule has 0 saturated carbocycles. The van der Waals surface area contributed by atoms with Crippen molar-refractivity contribution < 1.29 is 8.42 Å². The van der Waals surface area contributed by atoms with Crippen LogP contribution in [0, 0.1) is 0 Å². The number of thioether (sulfide) groups is 1. The molecule has 0 amide bonds. The lowest BCUT2D eigenvalue weighted by molar-refractivity contribution is 0.388. The van der Waals surface area contributed by atoms with E-state index < -0.39 is 10.0 Å². The minimum atomic E-state index is -3.58. The molecule has 7 heteroatoms. The van der Waals surface area contributed by atoms with E-state index in [-0.39, 0.29) is 15.3 Å². The van der Waals surface area contributed by atoms with Crippen molar-refractivity contribution in [2.75, 3.05) is 24.6 Å². The van der Waals surface area contributed by atoms with Crippen molar-refractivity contribution in [3.8, 4) is 0 Å². The number of rotatable bonds is 2. The molecule has 0 radical (unpaired) electrons. The zero-order valence-electron chi connectivity index (χ0n) is 10.9. The van der Waals surface area contributed by atoms with E-state index in [1.54, 1.807) is 17.8 Å². The summed E-state index contributed by atoms with van der Waals surface area (Å²) in [6, 6.07) is 4.53. The van der Waals surface area contributed by atoms with Crippen molar-refractivity contribution in [3.63, 3.8) is 0 Å². The number of nitrogens with two attached hydrogens (primary N) is 1. The molecular weight excluding hydrogens is 304 g/mol. The van der Waals surface area contributed by atoms with Crippen LogP contribution in [0.25, 0.3) is 0 Å². The van der Waals surface area contributed by atoms with Gasteiger partial charge in [0.1, 0.15) is 4.90 Å². The molecule has 1 fully saturated rings. The highest BCUT2D eigenvalue weighted by atomic mass is 35.5. The van der Waals surface area contributed by atoms with Crippen molar-refractivity contribution in [1.82, 2.24) is 4.31 Å². The van der Waals surface area contributed by atoms with Gasteiger partial charge in [0, 0.05) is 28.6 Å². The normalized spacial score (nSPS) is 20.4. The van der Waals surface area contributed by atoms with Crippen LogP contribution >= 0.6 is 23.4 Å². The molecule has 1 aliphatic rings. The third-order valence-corrected chi connectivity index (χ3v) is 6.42. The minimum Gasteiger partial charge on any atom is -0.398 e. The average Bonchev–Trinajstić information content (AvgIpc) is 2.31. The molecule has 1 saturated heterocycles. The van der Waals surface area contributed by atoms with Gasteiger partial charge in [-0.1, -0.05) is 11.6 Å². The second-order valence-corrected chi connectivity index (χ2v) is 9.27. The van der Waals surface area contributed by atoms with E-state index in [1.165, 1.54) is 16.4 Å². The van der Waals surface area contributed by atoms with Gasteiger partial charge in [0.15, 0.2) is 0 Å². The first-order valence-electron chi connectivity index (χ1n) is 5.91. The van der Waals surface area contributed by atoms with Crippen molar-refractivity contribution in [1.29, 1.82) is 0 Å². The quantitative estimate of drug-likeness (QED) is 0.850. The van der Waals surface area contributed by atoms with Crippen LogP contribution in [0.15, 0.2) is 23.1 Å². The first-order valence-corrected chi connectivity index (χ1v) is 8.72. The number of nitrogen functional groups attached to an aromatic ring is 1. The van der Waals surface area contributed by atoms with Gasteiger partial charge < -0.3 is 5.73 Å². The zero-order valence-corrected chi connectivity index (χ0v) is 13.3. The van der Waals surface area contributed by atoms with Gasteiger partial charge in [0.25, 0.3) is 0 Å². The van der Waals surface area contributed by atoms with Crippen LogP contribution < -0.4 is 5.73 Å². The van der Waals surface area contributed by atoms with E-state index in [9.17, 15) is 8.42 Å². The summed E-state index contributed by atoms with van der Waals surface area (Å²) in [7, 11) is -3.58. The SMILES string of the molecule is CC1(C)CN(S(=O)(=O)c2cc(Cl)ccc2N)CCS1. The first kappa shape index (κ1) is 15.0. The molecule has 1 aliphatic heterocycles. The number of hydrogen-bond donors (Lipinski definition) is 1. The summed E-state index contributed by atoms with van der Waals surface area (Å²) < 4.78 is 26.7. The molecular formula is C12H17ClN2O2S2. The number of nitrogens with zero attached hydrogens (tertiary/aromatic N) is 1. The Bertz CT molecular complexity index is 587. The van der Waals surface area contributed by atoms with Crippen molar-refractivity contribution in [2.24, 2.45) is 0 Å². The van der Waals surface area contributed by atoms with Crippen LogP contribution in [0.3, 0.4) is 0 Å². The Hall–Kier alpha value is -0.430. The fraction of sp³-hybridized carbons (Fsp3) is 0.500. The van der Waals surface area contributed by atoms with E-state index in [1.807, 2.05) is 13.8 Å². The second-order valence-electron chi connectivity index (χ2n) is 5.13. The molecule has 106 valence electrons. The smallest absolute Gasteiger partial charge is 0.245 e. The van der Waals surface area contributed by atoms with Gasteiger partial charge in [-0.2, -0.15) is 16.1 Å². The largest absolute Gasteiger partial charge is 0.398 e. The molecule has 2 rings (SSSR count). The second kappa shape index (κ2) is 5.16. The lowest BCUT2D eigenvalue weighted by Crippen LogP contribution is -2.46. The molecule has 0 unspecified atom stereocenters. The van der Waals surface area contributed by atoms with Crippen LogP contribution in [0.1, 0.15) is 13.8 Å². The molecule has 0 aliphatic carbocycles. The van der Waals surface area contributed by atoms with Gasteiger partial charge in [-0.05, 0) is 32.0 Å². The highest BCUT2D eigenvalue weighted by molar-refractivity contribution is 8.00. The van der Waals surface area contributed by atoms with E-state index in [0.717, 1.165) is 5.75 Å². The number of anilines is 1. The maximum Gasteiger partial charge on any atom is 0.245 e. The molecule has 1 aromatic carbocycles. The summed E-state index contributed by atoms with van der Waals surface area (Å²) in [6.45, 7) is 5.07. The van der Waals surface area contributed by atoms with Gasteiger partial charge in [-0.3, -0.25) is 0 Å². The molecule has 4 nitrogen and oxygen atoms in total. The Morgan fingerprint density at radius 1 is 1.42 bits per heavy atom. The van der Waals surface area contributed by atoms with Gasteiger partial charge >= 0.3 is 0 Å². The van der Waals surface area contributed by atoms with Crippen LogP contribution in [0.2, 0.25) is 5.02 Å². The van der Waals surface area contributed by atoms with Crippen LogP contribution in [0.5, 0.6) is 0 Å². The van der Waals surface area contributed by atoms with Crippen molar-refractivity contribution in [2.45, 2.75) is 23.5 Å². The number of benzene rings is 1. The lowest BCUT2D eigenvalue weighted by Gasteiger charge is -2.36. The molecule has 0 spiro atoms. The van der Waals surface area contributed by atoms with Crippen molar-refractivity contribution in [3.05, 3.63) is 23.2 Å². The Balaban J connectivity index is 2.39. The highest BCUT2D eigenvalue weighted by Crippen LogP contribution is 2.34. The Morgan fingerprint density at radius 3 is 2.74 bits per heavy atom. The molecule has 0 atom stereocenters. The molecule has 1 heterocycles. The third kappa shape index (κ3) is 3.18. The summed E-state index contributed by atoms with van der Waals surface area (Å²) in [4.78, 5) is 0.0997. The fourth-order valence-corrected chi connectivity index (χ4v) is 5.34. The summed E-state index contributed by atoms with van der Waals surface area (Å²) in [5.74, 6) is 0.784. The predicted octanol–water partition coefficient (Wildman–Crippen LogP) is 2.44. The molecule has 2 N–H and O–H groups in total.